The molecule has 45 heavy (non-hydrogen) atoms. The minimum atomic E-state index is -0.675. The summed E-state index contributed by atoms with van der Waals surface area (Å²) in [6.45, 7) is 4.35. The Morgan fingerprint density at radius 2 is 0.844 bits per heavy atom. The molecule has 4 heteroatoms. The molecule has 0 aromatic carbocycles. The molecule has 0 fully saturated rings. The molecule has 0 heterocycles. The predicted molar refractivity (Wildman–Crippen MR) is 198 cm³/mol. The van der Waals surface area contributed by atoms with Crippen LogP contribution in [0.25, 0.3) is 0 Å². The molecule has 0 bridgehead atoms. The highest BCUT2D eigenvalue weighted by Crippen LogP contribution is 2.16. The Balaban J connectivity index is 3.51. The van der Waals surface area contributed by atoms with Crippen molar-refractivity contribution >= 4 is 5.91 Å². The lowest BCUT2D eigenvalue weighted by Gasteiger charge is -2.22. The maximum atomic E-state index is 12.4. The monoisotopic (exact) mass is 636 g/mol. The second-order valence-corrected chi connectivity index (χ2v) is 14.1. The molecule has 0 rings (SSSR count). The molecule has 2 atom stereocenters. The van der Waals surface area contributed by atoms with Crippen molar-refractivity contribution in [1.82, 2.24) is 5.32 Å². The number of aliphatic hydroxyl groups excluding tert-OH is 2. The topological polar surface area (TPSA) is 69.6 Å². The molecule has 0 aromatic heterocycles. The van der Waals surface area contributed by atoms with Crippen molar-refractivity contribution in [3.05, 3.63) is 12.2 Å². The smallest absolute Gasteiger partial charge is 0.220 e. The number of carbonyl (C=O) groups excluding carboxylic acids is 1. The molecule has 0 aliphatic carbocycles. The van der Waals surface area contributed by atoms with E-state index in [-0.39, 0.29) is 12.5 Å². The van der Waals surface area contributed by atoms with Gasteiger partial charge < -0.3 is 15.5 Å². The Morgan fingerprint density at radius 1 is 0.511 bits per heavy atom. The van der Waals surface area contributed by atoms with Gasteiger partial charge in [-0.2, -0.15) is 0 Å². The van der Waals surface area contributed by atoms with Gasteiger partial charge in [0.2, 0.25) is 5.91 Å². The Bertz CT molecular complexity index is 608. The summed E-state index contributed by atoms with van der Waals surface area (Å²) >= 11 is 0. The van der Waals surface area contributed by atoms with E-state index >= 15 is 0 Å². The van der Waals surface area contributed by atoms with Crippen LogP contribution < -0.4 is 5.32 Å². The third-order valence-electron chi connectivity index (χ3n) is 9.53. The molecule has 0 aliphatic heterocycles. The molecule has 4 nitrogen and oxygen atoms in total. The fourth-order valence-corrected chi connectivity index (χ4v) is 6.36. The van der Waals surface area contributed by atoms with Gasteiger partial charge in [0.15, 0.2) is 0 Å². The summed E-state index contributed by atoms with van der Waals surface area (Å²) in [5, 5.41) is 23.1. The standard InChI is InChI=1S/C41H81NO3/c1-3-5-7-9-11-13-15-17-18-19-20-21-22-23-25-27-29-31-33-35-37-41(45)42-39(38-43)40(44)36-34-32-30-28-26-24-16-14-12-10-8-6-4-2/h26,28,39-40,43-44H,3-25,27,29-38H2,1-2H3,(H,42,45)/b28-26+/t39-,40+/m0/s1. The van der Waals surface area contributed by atoms with Gasteiger partial charge >= 0.3 is 0 Å². The average molecular weight is 636 g/mol. The zero-order valence-electron chi connectivity index (χ0n) is 30.7. The maximum Gasteiger partial charge on any atom is 0.220 e. The van der Waals surface area contributed by atoms with E-state index in [1.54, 1.807) is 0 Å². The molecule has 0 aromatic rings. The maximum absolute atomic E-state index is 12.4. The van der Waals surface area contributed by atoms with E-state index < -0.39 is 12.1 Å². The van der Waals surface area contributed by atoms with Crippen LogP contribution in [0, 0.1) is 0 Å². The van der Waals surface area contributed by atoms with Crippen molar-refractivity contribution in [3.8, 4) is 0 Å². The second-order valence-electron chi connectivity index (χ2n) is 14.1. The van der Waals surface area contributed by atoms with Crippen molar-refractivity contribution in [2.45, 2.75) is 238 Å². The van der Waals surface area contributed by atoms with E-state index in [9.17, 15) is 15.0 Å². The molecule has 3 N–H and O–H groups in total. The first-order valence-electron chi connectivity index (χ1n) is 20.4. The van der Waals surface area contributed by atoms with Crippen LogP contribution in [0.2, 0.25) is 0 Å². The summed E-state index contributed by atoms with van der Waals surface area (Å²) in [5.74, 6) is -0.0381. The zero-order valence-corrected chi connectivity index (χ0v) is 30.7. The normalized spacial score (nSPS) is 13.1. The third kappa shape index (κ3) is 34.3. The fraction of sp³-hybridized carbons (Fsp3) is 0.927. The number of allylic oxidation sites excluding steroid dienone is 2. The Kier molecular flexibility index (Phi) is 36.9. The van der Waals surface area contributed by atoms with Crippen LogP contribution in [0.4, 0.5) is 0 Å². The fourth-order valence-electron chi connectivity index (χ4n) is 6.36. The molecule has 0 saturated carbocycles. The number of hydrogen-bond acceptors (Lipinski definition) is 3. The molecule has 268 valence electrons. The van der Waals surface area contributed by atoms with E-state index in [1.807, 2.05) is 0 Å². The van der Waals surface area contributed by atoms with E-state index in [0.29, 0.717) is 12.8 Å². The lowest BCUT2D eigenvalue weighted by molar-refractivity contribution is -0.123. The molecule has 0 saturated heterocycles. The summed E-state index contributed by atoms with van der Waals surface area (Å²) in [5.41, 5.74) is 0. The number of aliphatic hydroxyl groups is 2. The van der Waals surface area contributed by atoms with E-state index in [4.69, 9.17) is 0 Å². The third-order valence-corrected chi connectivity index (χ3v) is 9.53. The first-order chi connectivity index (χ1) is 22.2. The van der Waals surface area contributed by atoms with Crippen LogP contribution >= 0.6 is 0 Å². The number of carbonyl (C=O) groups is 1. The zero-order chi connectivity index (χ0) is 32.9. The molecule has 1 amide bonds. The summed E-state index contributed by atoms with van der Waals surface area (Å²) in [4.78, 5) is 12.4. The van der Waals surface area contributed by atoms with Crippen molar-refractivity contribution in [3.63, 3.8) is 0 Å². The molecular weight excluding hydrogens is 554 g/mol. The van der Waals surface area contributed by atoms with Gasteiger partial charge in [-0.25, -0.2) is 0 Å². The lowest BCUT2D eigenvalue weighted by atomic mass is 10.0. The van der Waals surface area contributed by atoms with Gasteiger partial charge in [-0.05, 0) is 38.5 Å². The number of unbranched alkanes of at least 4 members (excludes halogenated alkanes) is 28. The summed E-state index contributed by atoms with van der Waals surface area (Å²) in [6, 6.07) is -0.546. The van der Waals surface area contributed by atoms with Crippen LogP contribution in [-0.2, 0) is 4.79 Å². The Labute approximate surface area is 282 Å². The van der Waals surface area contributed by atoms with Gasteiger partial charge in [0.05, 0.1) is 18.8 Å². The van der Waals surface area contributed by atoms with E-state index in [0.717, 1.165) is 32.1 Å². The highest BCUT2D eigenvalue weighted by Gasteiger charge is 2.19. The van der Waals surface area contributed by atoms with Crippen molar-refractivity contribution < 1.29 is 15.0 Å². The highest BCUT2D eigenvalue weighted by atomic mass is 16.3. The van der Waals surface area contributed by atoms with Gasteiger partial charge in [-0.15, -0.1) is 0 Å². The van der Waals surface area contributed by atoms with Gasteiger partial charge in [-0.1, -0.05) is 193 Å². The first-order valence-corrected chi connectivity index (χ1v) is 20.4. The quantitative estimate of drug-likeness (QED) is 0.0470. The van der Waals surface area contributed by atoms with Gasteiger partial charge in [-0.3, -0.25) is 4.79 Å². The van der Waals surface area contributed by atoms with Crippen molar-refractivity contribution in [1.29, 1.82) is 0 Å². The van der Waals surface area contributed by atoms with Crippen molar-refractivity contribution in [2.75, 3.05) is 6.61 Å². The van der Waals surface area contributed by atoms with E-state index in [2.05, 4.69) is 31.3 Å². The van der Waals surface area contributed by atoms with Crippen LogP contribution in [0.5, 0.6) is 0 Å². The Morgan fingerprint density at radius 3 is 1.22 bits per heavy atom. The van der Waals surface area contributed by atoms with Crippen LogP contribution in [0.15, 0.2) is 12.2 Å². The molecule has 0 radical (unpaired) electrons. The molecule has 0 aliphatic rings. The minimum absolute atomic E-state index is 0.0381. The number of hydrogen-bond donors (Lipinski definition) is 3. The summed E-state index contributed by atoms with van der Waals surface area (Å²) in [6.07, 6.45) is 45.7. The average Bonchev–Trinajstić information content (AvgIpc) is 3.04. The Hall–Kier alpha value is -0.870. The minimum Gasteiger partial charge on any atom is -0.394 e. The second kappa shape index (κ2) is 37.6. The van der Waals surface area contributed by atoms with Gasteiger partial charge in [0.1, 0.15) is 0 Å². The largest absolute Gasteiger partial charge is 0.394 e. The number of rotatable bonds is 37. The van der Waals surface area contributed by atoms with Crippen LogP contribution in [0.1, 0.15) is 226 Å². The van der Waals surface area contributed by atoms with Gasteiger partial charge in [0.25, 0.3) is 0 Å². The lowest BCUT2D eigenvalue weighted by Crippen LogP contribution is -2.45. The van der Waals surface area contributed by atoms with Crippen LogP contribution in [-0.4, -0.2) is 34.9 Å². The summed E-state index contributed by atoms with van der Waals surface area (Å²) < 4.78 is 0. The van der Waals surface area contributed by atoms with E-state index in [1.165, 1.54) is 167 Å². The molecular formula is C41H81NO3. The highest BCUT2D eigenvalue weighted by molar-refractivity contribution is 5.76. The van der Waals surface area contributed by atoms with Crippen molar-refractivity contribution in [2.24, 2.45) is 0 Å². The number of amides is 1. The number of nitrogens with one attached hydrogen (secondary N) is 1. The first kappa shape index (κ1) is 44.1. The summed E-state index contributed by atoms with van der Waals surface area (Å²) in [7, 11) is 0. The molecule has 0 unspecified atom stereocenters. The molecule has 0 spiro atoms. The predicted octanol–water partition coefficient (Wildman–Crippen LogP) is 12.3. The SMILES string of the molecule is CCCCCCCCC/C=C/CCCC[C@@H](O)[C@H](CO)NC(=O)CCCCCCCCCCCCCCCCCCCCCC. The van der Waals surface area contributed by atoms with Gasteiger partial charge in [0, 0.05) is 6.42 Å². The van der Waals surface area contributed by atoms with Crippen LogP contribution in [0.3, 0.4) is 0 Å².